The molecule has 22 heavy (non-hydrogen) atoms. The van der Waals surface area contributed by atoms with E-state index in [1.807, 2.05) is 19.1 Å². The molecule has 1 aromatic rings. The number of benzene rings is 1. The number of phenolic OH excluding ortho intramolecular Hbond substituents is 1. The van der Waals surface area contributed by atoms with Crippen molar-refractivity contribution in [2.24, 2.45) is 5.41 Å². The largest absolute Gasteiger partial charge is 0.503 e. The first-order valence-corrected chi connectivity index (χ1v) is 8.74. The van der Waals surface area contributed by atoms with Gasteiger partial charge in [-0.05, 0) is 46.0 Å². The lowest BCUT2D eigenvalue weighted by Crippen LogP contribution is -2.48. The van der Waals surface area contributed by atoms with Crippen LogP contribution in [0.4, 0.5) is 0 Å². The van der Waals surface area contributed by atoms with E-state index in [2.05, 4.69) is 46.9 Å². The minimum absolute atomic E-state index is 0.0945. The third kappa shape index (κ3) is 3.94. The molecular weight excluding hydrogens is 344 g/mol. The topological polar surface area (TPSA) is 44.7 Å². The standard InChI is InChI=1S/C17H27BrN2O2/c1-5-22-14-11-12(10-13(18)15(14)21)16(17(2,3)4)20-8-6-19-7-9-20/h10-11,16,19,21H,5-9H2,1-4H3/t16-/m1/s1. The molecule has 0 spiro atoms. The van der Waals surface area contributed by atoms with Crippen LogP contribution in [0.5, 0.6) is 11.5 Å². The molecular formula is C17H27BrN2O2. The van der Waals surface area contributed by atoms with Crippen molar-refractivity contribution < 1.29 is 9.84 Å². The predicted octanol–water partition coefficient (Wildman–Crippen LogP) is 3.55. The number of rotatable bonds is 4. The minimum atomic E-state index is 0.0945. The molecule has 5 heteroatoms. The van der Waals surface area contributed by atoms with Crippen LogP contribution in [0.3, 0.4) is 0 Å². The number of nitrogens with one attached hydrogen (secondary N) is 1. The van der Waals surface area contributed by atoms with E-state index in [1.54, 1.807) is 0 Å². The Morgan fingerprint density at radius 2 is 1.95 bits per heavy atom. The molecule has 1 aliphatic rings. The van der Waals surface area contributed by atoms with Crippen molar-refractivity contribution in [1.82, 2.24) is 10.2 Å². The molecule has 1 atom stereocenters. The zero-order valence-corrected chi connectivity index (χ0v) is 15.5. The van der Waals surface area contributed by atoms with Crippen molar-refractivity contribution in [1.29, 1.82) is 0 Å². The highest BCUT2D eigenvalue weighted by Crippen LogP contribution is 2.43. The van der Waals surface area contributed by atoms with Gasteiger partial charge in [0.25, 0.3) is 0 Å². The maximum Gasteiger partial charge on any atom is 0.172 e. The number of phenols is 1. The Hall–Kier alpha value is -0.780. The fraction of sp³-hybridized carbons (Fsp3) is 0.647. The van der Waals surface area contributed by atoms with E-state index in [1.165, 1.54) is 5.56 Å². The second-order valence-electron chi connectivity index (χ2n) is 6.84. The molecule has 1 heterocycles. The molecule has 0 bridgehead atoms. The van der Waals surface area contributed by atoms with Crippen molar-refractivity contribution in [3.8, 4) is 11.5 Å². The van der Waals surface area contributed by atoms with Gasteiger partial charge in [0.1, 0.15) is 0 Å². The summed E-state index contributed by atoms with van der Waals surface area (Å²) in [5.41, 5.74) is 1.28. The van der Waals surface area contributed by atoms with E-state index < -0.39 is 0 Å². The number of hydrogen-bond acceptors (Lipinski definition) is 4. The first-order chi connectivity index (χ1) is 10.3. The van der Waals surface area contributed by atoms with Gasteiger partial charge in [0.2, 0.25) is 0 Å². The Morgan fingerprint density at radius 3 is 2.50 bits per heavy atom. The quantitative estimate of drug-likeness (QED) is 0.850. The maximum absolute atomic E-state index is 10.2. The SMILES string of the molecule is CCOc1cc([C@@H](N2CCNCC2)C(C)(C)C)cc(Br)c1O. The summed E-state index contributed by atoms with van der Waals surface area (Å²) in [5, 5.41) is 13.6. The lowest BCUT2D eigenvalue weighted by Gasteiger charge is -2.42. The van der Waals surface area contributed by atoms with E-state index in [0.717, 1.165) is 26.2 Å². The zero-order valence-electron chi connectivity index (χ0n) is 13.9. The van der Waals surface area contributed by atoms with Gasteiger partial charge >= 0.3 is 0 Å². The first kappa shape index (κ1) is 17.6. The fourth-order valence-electron chi connectivity index (χ4n) is 3.22. The summed E-state index contributed by atoms with van der Waals surface area (Å²) in [6.07, 6.45) is 0. The number of hydrogen-bond donors (Lipinski definition) is 2. The van der Waals surface area contributed by atoms with Gasteiger partial charge in [-0.15, -0.1) is 0 Å². The third-order valence-electron chi connectivity index (χ3n) is 4.00. The van der Waals surface area contributed by atoms with Crippen LogP contribution in [-0.2, 0) is 0 Å². The predicted molar refractivity (Wildman–Crippen MR) is 93.6 cm³/mol. The monoisotopic (exact) mass is 370 g/mol. The van der Waals surface area contributed by atoms with Crippen molar-refractivity contribution in [3.05, 3.63) is 22.2 Å². The van der Waals surface area contributed by atoms with E-state index in [4.69, 9.17) is 4.74 Å². The zero-order chi connectivity index (χ0) is 16.3. The number of nitrogens with zero attached hydrogens (tertiary/aromatic N) is 1. The van der Waals surface area contributed by atoms with Gasteiger partial charge < -0.3 is 15.2 Å². The molecule has 0 amide bonds. The van der Waals surface area contributed by atoms with Gasteiger partial charge in [-0.25, -0.2) is 0 Å². The summed E-state index contributed by atoms with van der Waals surface area (Å²) in [6.45, 7) is 13.4. The highest BCUT2D eigenvalue weighted by molar-refractivity contribution is 9.10. The van der Waals surface area contributed by atoms with Crippen LogP contribution < -0.4 is 10.1 Å². The first-order valence-electron chi connectivity index (χ1n) is 7.94. The fourth-order valence-corrected chi connectivity index (χ4v) is 3.68. The van der Waals surface area contributed by atoms with Crippen molar-refractivity contribution >= 4 is 15.9 Å². The lowest BCUT2D eigenvalue weighted by atomic mass is 9.81. The van der Waals surface area contributed by atoms with Crippen LogP contribution in [0, 0.1) is 5.41 Å². The molecule has 1 aromatic carbocycles. The summed E-state index contributed by atoms with van der Waals surface area (Å²) in [4.78, 5) is 2.52. The summed E-state index contributed by atoms with van der Waals surface area (Å²) in [6, 6.07) is 4.29. The average molecular weight is 371 g/mol. The highest BCUT2D eigenvalue weighted by atomic mass is 79.9. The van der Waals surface area contributed by atoms with Crippen molar-refractivity contribution in [2.75, 3.05) is 32.8 Å². The smallest absolute Gasteiger partial charge is 0.172 e. The van der Waals surface area contributed by atoms with E-state index in [0.29, 0.717) is 16.8 Å². The molecule has 1 aliphatic heterocycles. The molecule has 4 nitrogen and oxygen atoms in total. The molecule has 2 rings (SSSR count). The molecule has 2 N–H and O–H groups in total. The summed E-state index contributed by atoms with van der Waals surface area (Å²) < 4.78 is 6.29. The average Bonchev–Trinajstić information content (AvgIpc) is 2.44. The minimum Gasteiger partial charge on any atom is -0.503 e. The Balaban J connectivity index is 2.42. The van der Waals surface area contributed by atoms with Gasteiger partial charge in [0.15, 0.2) is 11.5 Å². The lowest BCUT2D eigenvalue weighted by molar-refractivity contribution is 0.0859. The molecule has 124 valence electrons. The Kier molecular flexibility index (Phi) is 5.75. The van der Waals surface area contributed by atoms with Crippen LogP contribution in [0.15, 0.2) is 16.6 Å². The van der Waals surface area contributed by atoms with Gasteiger partial charge in [0.05, 0.1) is 11.1 Å². The Morgan fingerprint density at radius 1 is 1.32 bits per heavy atom. The van der Waals surface area contributed by atoms with Crippen molar-refractivity contribution in [3.63, 3.8) is 0 Å². The maximum atomic E-state index is 10.2. The van der Waals surface area contributed by atoms with Crippen LogP contribution in [0.2, 0.25) is 0 Å². The molecule has 0 saturated carbocycles. The second-order valence-corrected chi connectivity index (χ2v) is 7.69. The summed E-state index contributed by atoms with van der Waals surface area (Å²) >= 11 is 3.47. The molecule has 0 aromatic heterocycles. The number of aromatic hydroxyl groups is 1. The molecule has 0 radical (unpaired) electrons. The summed E-state index contributed by atoms with van der Waals surface area (Å²) in [5.74, 6) is 0.731. The van der Waals surface area contributed by atoms with Gasteiger partial charge in [-0.3, -0.25) is 4.90 Å². The number of piperazine rings is 1. The second kappa shape index (κ2) is 7.20. The van der Waals surface area contributed by atoms with E-state index in [9.17, 15) is 5.11 Å². The van der Waals surface area contributed by atoms with Crippen molar-refractivity contribution in [2.45, 2.75) is 33.7 Å². The van der Waals surface area contributed by atoms with E-state index in [-0.39, 0.29) is 17.2 Å². The van der Waals surface area contributed by atoms with Gasteiger partial charge in [-0.2, -0.15) is 0 Å². The van der Waals surface area contributed by atoms with Gasteiger partial charge in [0, 0.05) is 32.2 Å². The molecule has 1 saturated heterocycles. The van der Waals surface area contributed by atoms with Crippen LogP contribution in [0.25, 0.3) is 0 Å². The molecule has 0 unspecified atom stereocenters. The van der Waals surface area contributed by atoms with Crippen LogP contribution in [0.1, 0.15) is 39.3 Å². The van der Waals surface area contributed by atoms with Crippen LogP contribution in [-0.4, -0.2) is 42.8 Å². The Bertz CT molecular complexity index is 508. The van der Waals surface area contributed by atoms with E-state index >= 15 is 0 Å². The molecule has 0 aliphatic carbocycles. The number of halogens is 1. The molecule has 1 fully saturated rings. The Labute approximate surface area is 142 Å². The normalized spacial score (nSPS) is 18.2. The van der Waals surface area contributed by atoms with Crippen LogP contribution >= 0.6 is 15.9 Å². The third-order valence-corrected chi connectivity index (χ3v) is 4.61. The highest BCUT2D eigenvalue weighted by Gasteiger charge is 2.33. The van der Waals surface area contributed by atoms with Gasteiger partial charge in [-0.1, -0.05) is 20.8 Å². The number of ether oxygens (including phenoxy) is 1. The summed E-state index contributed by atoms with van der Waals surface area (Å²) in [7, 11) is 0.